The minimum Gasteiger partial charge on any atom is -0.353 e. The van der Waals surface area contributed by atoms with Gasteiger partial charge in [-0.3, -0.25) is 4.99 Å². The largest absolute Gasteiger partial charge is 0.434 e. The van der Waals surface area contributed by atoms with Gasteiger partial charge >= 0.3 is 6.18 Å². The summed E-state index contributed by atoms with van der Waals surface area (Å²) in [6, 6.07) is 3.90. The molecule has 10 heteroatoms. The Hall–Kier alpha value is -1.30. The number of nitrogens with zero attached hydrogens (tertiary/aromatic N) is 3. The summed E-state index contributed by atoms with van der Waals surface area (Å²) in [5, 5.41) is 7.40. The summed E-state index contributed by atoms with van der Waals surface area (Å²) in [6.45, 7) is 0.752. The van der Waals surface area contributed by atoms with E-state index in [4.69, 9.17) is 0 Å². The molecular weight excluding hydrogens is 442 g/mol. The van der Waals surface area contributed by atoms with Crippen molar-refractivity contribution in [3.05, 3.63) is 40.1 Å². The van der Waals surface area contributed by atoms with E-state index in [1.54, 1.807) is 7.05 Å². The summed E-state index contributed by atoms with van der Waals surface area (Å²) in [4.78, 5) is 7.58. The average Bonchev–Trinajstić information content (AvgIpc) is 3.08. The normalized spacial score (nSPS) is 12.0. The summed E-state index contributed by atoms with van der Waals surface area (Å²) in [5.41, 5.74) is 0.206. The molecule has 5 nitrogen and oxygen atoms in total. The summed E-state index contributed by atoms with van der Waals surface area (Å²) in [6.07, 6.45) is -2.47. The average molecular weight is 459 g/mol. The van der Waals surface area contributed by atoms with Gasteiger partial charge in [-0.15, -0.1) is 35.3 Å². The van der Waals surface area contributed by atoms with Crippen LogP contribution in [0.4, 0.5) is 13.2 Å². The van der Waals surface area contributed by atoms with Crippen molar-refractivity contribution in [2.75, 3.05) is 7.05 Å². The maximum atomic E-state index is 12.5. The highest BCUT2D eigenvalue weighted by Gasteiger charge is 2.33. The number of alkyl halides is 3. The first kappa shape index (κ1) is 19.7. The van der Waals surface area contributed by atoms with Gasteiger partial charge in [0.05, 0.1) is 13.1 Å². The fraction of sp³-hybridized carbons (Fsp3) is 0.385. The van der Waals surface area contributed by atoms with Crippen molar-refractivity contribution in [1.29, 1.82) is 0 Å². The number of thiazole rings is 1. The van der Waals surface area contributed by atoms with E-state index in [1.807, 2.05) is 29.9 Å². The first-order valence-corrected chi connectivity index (χ1v) is 7.34. The predicted octanol–water partition coefficient (Wildman–Crippen LogP) is 2.98. The molecule has 0 saturated carbocycles. The van der Waals surface area contributed by atoms with Crippen molar-refractivity contribution in [3.8, 4) is 0 Å². The van der Waals surface area contributed by atoms with E-state index in [0.29, 0.717) is 17.5 Å². The lowest BCUT2D eigenvalue weighted by molar-refractivity contribution is -0.140. The molecule has 0 aliphatic rings. The number of rotatable bonds is 4. The predicted molar refractivity (Wildman–Crippen MR) is 95.0 cm³/mol. The molecular formula is C13H17F3IN5S. The van der Waals surface area contributed by atoms with Gasteiger partial charge in [0.25, 0.3) is 0 Å². The molecule has 0 atom stereocenters. The third-order valence-corrected chi connectivity index (χ3v) is 3.81. The molecule has 0 spiro atoms. The van der Waals surface area contributed by atoms with Crippen molar-refractivity contribution < 1.29 is 13.2 Å². The quantitative estimate of drug-likeness (QED) is 0.420. The van der Waals surface area contributed by atoms with Crippen molar-refractivity contribution in [2.45, 2.75) is 19.3 Å². The number of hydrogen-bond acceptors (Lipinski definition) is 3. The molecule has 0 amide bonds. The Morgan fingerprint density at radius 3 is 2.57 bits per heavy atom. The van der Waals surface area contributed by atoms with E-state index in [2.05, 4.69) is 20.6 Å². The highest BCUT2D eigenvalue weighted by molar-refractivity contribution is 14.0. The van der Waals surface area contributed by atoms with E-state index >= 15 is 0 Å². The first-order chi connectivity index (χ1) is 10.4. The molecule has 128 valence electrons. The van der Waals surface area contributed by atoms with Crippen molar-refractivity contribution in [3.63, 3.8) is 0 Å². The van der Waals surface area contributed by atoms with Crippen LogP contribution in [0.25, 0.3) is 0 Å². The van der Waals surface area contributed by atoms with Crippen LogP contribution < -0.4 is 10.6 Å². The molecule has 0 saturated heterocycles. The van der Waals surface area contributed by atoms with Gasteiger partial charge in [0.1, 0.15) is 5.01 Å². The summed E-state index contributed by atoms with van der Waals surface area (Å²) in [5.74, 6) is 0.505. The second-order valence-corrected chi connectivity index (χ2v) is 5.46. The zero-order valence-corrected chi connectivity index (χ0v) is 15.7. The van der Waals surface area contributed by atoms with Gasteiger partial charge in [-0.1, -0.05) is 0 Å². The van der Waals surface area contributed by atoms with Crippen LogP contribution in [-0.4, -0.2) is 22.6 Å². The number of aliphatic imine (C=N–C) groups is 1. The molecule has 0 fully saturated rings. The highest BCUT2D eigenvalue weighted by atomic mass is 127. The van der Waals surface area contributed by atoms with Crippen molar-refractivity contribution >= 4 is 41.3 Å². The molecule has 0 bridgehead atoms. The van der Waals surface area contributed by atoms with Crippen molar-refractivity contribution in [2.24, 2.45) is 12.0 Å². The second-order valence-electron chi connectivity index (χ2n) is 4.51. The lowest BCUT2D eigenvalue weighted by atomic mass is 10.4. The molecule has 0 unspecified atom stereocenters. The van der Waals surface area contributed by atoms with Crippen molar-refractivity contribution in [1.82, 2.24) is 20.2 Å². The van der Waals surface area contributed by atoms with Crippen LogP contribution in [0.3, 0.4) is 0 Å². The fourth-order valence-electron chi connectivity index (χ4n) is 1.76. The molecule has 0 aliphatic carbocycles. The number of nitrogens with one attached hydrogen (secondary N) is 2. The molecule has 2 rings (SSSR count). The highest BCUT2D eigenvalue weighted by Crippen LogP contribution is 2.29. The van der Waals surface area contributed by atoms with E-state index in [0.717, 1.165) is 22.4 Å². The Labute approximate surface area is 153 Å². The van der Waals surface area contributed by atoms with Crippen LogP contribution in [0.15, 0.2) is 28.7 Å². The number of aryl methyl sites for hydroxylation is 1. The third-order valence-electron chi connectivity index (χ3n) is 2.96. The maximum absolute atomic E-state index is 12.5. The van der Waals surface area contributed by atoms with Gasteiger partial charge in [0, 0.05) is 31.4 Å². The lowest BCUT2D eigenvalue weighted by Gasteiger charge is -2.11. The summed E-state index contributed by atoms with van der Waals surface area (Å²) >= 11 is 0.967. The summed E-state index contributed by atoms with van der Waals surface area (Å²) in [7, 11) is 3.53. The molecule has 0 radical (unpaired) electrons. The van der Waals surface area contributed by atoms with E-state index in [-0.39, 0.29) is 30.5 Å². The van der Waals surface area contributed by atoms with Gasteiger partial charge in [-0.2, -0.15) is 13.2 Å². The van der Waals surface area contributed by atoms with Crippen LogP contribution in [0.1, 0.15) is 16.4 Å². The van der Waals surface area contributed by atoms with E-state index < -0.39 is 11.9 Å². The number of hydrogen-bond donors (Lipinski definition) is 2. The van der Waals surface area contributed by atoms with Crippen LogP contribution in [-0.2, 0) is 26.3 Å². The minimum absolute atomic E-state index is 0. The van der Waals surface area contributed by atoms with E-state index in [1.165, 1.54) is 0 Å². The molecule has 2 aromatic rings. The second kappa shape index (κ2) is 8.52. The molecule has 2 aromatic heterocycles. The van der Waals surface area contributed by atoms with Crippen LogP contribution in [0, 0.1) is 0 Å². The van der Waals surface area contributed by atoms with Crippen LogP contribution >= 0.6 is 35.3 Å². The molecule has 0 aromatic carbocycles. The Bertz CT molecular complexity index is 650. The first-order valence-electron chi connectivity index (χ1n) is 6.46. The fourth-order valence-corrected chi connectivity index (χ4v) is 2.50. The molecule has 0 aliphatic heterocycles. The Balaban J connectivity index is 0.00000264. The van der Waals surface area contributed by atoms with Gasteiger partial charge < -0.3 is 15.2 Å². The Morgan fingerprint density at radius 1 is 1.35 bits per heavy atom. The zero-order chi connectivity index (χ0) is 16.2. The Morgan fingerprint density at radius 2 is 2.04 bits per heavy atom. The standard InChI is InChI=1S/C13H16F3N5S.HI/c1-17-12(18-6-9-4-3-5-21(9)2)19-7-11-20-10(8-22-11)13(14,15)16;/h3-5,8H,6-7H2,1-2H3,(H2,17,18,19);1H. The SMILES string of the molecule is CN=C(NCc1nc(C(F)(F)F)cs1)NCc1cccn1C.I. The zero-order valence-electron chi connectivity index (χ0n) is 12.5. The number of aromatic nitrogens is 2. The van der Waals surface area contributed by atoms with Gasteiger partial charge in [-0.05, 0) is 12.1 Å². The Kier molecular flexibility index (Phi) is 7.32. The smallest absolute Gasteiger partial charge is 0.353 e. The van der Waals surface area contributed by atoms with Gasteiger partial charge in [-0.25, -0.2) is 4.98 Å². The lowest BCUT2D eigenvalue weighted by Crippen LogP contribution is -2.36. The van der Waals surface area contributed by atoms with E-state index in [9.17, 15) is 13.2 Å². The maximum Gasteiger partial charge on any atom is 0.434 e. The van der Waals surface area contributed by atoms with Crippen LogP contribution in [0.2, 0.25) is 0 Å². The monoisotopic (exact) mass is 459 g/mol. The summed E-state index contributed by atoms with van der Waals surface area (Å²) < 4.78 is 39.4. The molecule has 2 N–H and O–H groups in total. The van der Waals surface area contributed by atoms with Crippen LogP contribution in [0.5, 0.6) is 0 Å². The number of guanidine groups is 1. The topological polar surface area (TPSA) is 54.2 Å². The minimum atomic E-state index is -4.40. The van der Waals surface area contributed by atoms with Gasteiger partial charge in [0.2, 0.25) is 0 Å². The number of halogens is 4. The van der Waals surface area contributed by atoms with Gasteiger partial charge in [0.15, 0.2) is 11.7 Å². The third kappa shape index (κ3) is 5.68. The molecule has 2 heterocycles. The molecule has 23 heavy (non-hydrogen) atoms.